The van der Waals surface area contributed by atoms with E-state index in [-0.39, 0.29) is 0 Å². The number of pyridine rings is 1. The van der Waals surface area contributed by atoms with E-state index in [9.17, 15) is 0 Å². The average Bonchev–Trinajstić information content (AvgIpc) is 2.39. The summed E-state index contributed by atoms with van der Waals surface area (Å²) in [6, 6.07) is 12.0. The first-order chi connectivity index (χ1) is 7.95. The molecule has 0 aliphatic carbocycles. The van der Waals surface area contributed by atoms with E-state index in [1.807, 2.05) is 36.4 Å². The van der Waals surface area contributed by atoms with Crippen LogP contribution in [0.1, 0.15) is 0 Å². The molecule has 0 fully saturated rings. The van der Waals surface area contributed by atoms with Crippen LogP contribution in [0, 0.1) is 0 Å². The Bertz CT molecular complexity index is 615. The first-order valence-corrected chi connectivity index (χ1v) is 5.06. The fraction of sp³-hybridized carbons (Fsp3) is 0. The highest BCUT2D eigenvalue weighted by Gasteiger charge is 2.04. The van der Waals surface area contributed by atoms with E-state index in [2.05, 4.69) is 15.2 Å². The van der Waals surface area contributed by atoms with Crippen LogP contribution in [0.3, 0.4) is 0 Å². The fourth-order valence-corrected chi connectivity index (χ4v) is 1.75. The molecule has 0 atom stereocenters. The molecule has 3 rings (SSSR count). The highest BCUT2D eigenvalue weighted by Crippen LogP contribution is 2.24. The van der Waals surface area contributed by atoms with Gasteiger partial charge in [0.15, 0.2) is 0 Å². The molecule has 0 N–H and O–H groups in total. The Morgan fingerprint density at radius 1 is 0.812 bits per heavy atom. The summed E-state index contributed by atoms with van der Waals surface area (Å²) in [7, 11) is 0. The lowest BCUT2D eigenvalue weighted by Gasteiger charge is -2.03. The molecule has 3 heteroatoms. The van der Waals surface area contributed by atoms with Gasteiger partial charge in [-0.25, -0.2) is 0 Å². The van der Waals surface area contributed by atoms with Crippen molar-refractivity contribution in [2.75, 3.05) is 0 Å². The van der Waals surface area contributed by atoms with E-state index in [1.54, 1.807) is 18.6 Å². The third-order valence-corrected chi connectivity index (χ3v) is 2.52. The van der Waals surface area contributed by atoms with Gasteiger partial charge in [0, 0.05) is 22.5 Å². The van der Waals surface area contributed by atoms with E-state index in [0.29, 0.717) is 0 Å². The van der Waals surface area contributed by atoms with Crippen molar-refractivity contribution in [3.8, 4) is 11.3 Å². The van der Waals surface area contributed by atoms with E-state index in [0.717, 1.165) is 22.0 Å². The zero-order valence-corrected chi connectivity index (χ0v) is 8.54. The van der Waals surface area contributed by atoms with Crippen LogP contribution in [-0.4, -0.2) is 15.2 Å². The normalized spacial score (nSPS) is 10.5. The summed E-state index contributed by atoms with van der Waals surface area (Å²) in [5, 5.41) is 9.87. The van der Waals surface area contributed by atoms with Crippen LogP contribution >= 0.6 is 0 Å². The molecule has 76 valence electrons. The molecule has 0 aliphatic rings. The molecule has 0 spiro atoms. The van der Waals surface area contributed by atoms with Crippen molar-refractivity contribution >= 4 is 10.8 Å². The third-order valence-electron chi connectivity index (χ3n) is 2.52. The minimum absolute atomic E-state index is 0.952. The standard InChI is InChI=1S/C13H9N3/c1-2-4-10(5-3-1)13-12-9-16-15-8-11(12)6-7-14-13/h1-9H. The van der Waals surface area contributed by atoms with Crippen LogP contribution in [0.4, 0.5) is 0 Å². The monoisotopic (exact) mass is 207 g/mol. The molecule has 0 amide bonds. The molecule has 1 aromatic carbocycles. The lowest BCUT2D eigenvalue weighted by molar-refractivity contribution is 1.05. The van der Waals surface area contributed by atoms with Crippen molar-refractivity contribution in [2.24, 2.45) is 0 Å². The molecule has 2 heterocycles. The topological polar surface area (TPSA) is 38.7 Å². The van der Waals surface area contributed by atoms with Crippen LogP contribution in [-0.2, 0) is 0 Å². The Hall–Kier alpha value is -2.29. The van der Waals surface area contributed by atoms with Gasteiger partial charge in [-0.3, -0.25) is 4.98 Å². The first-order valence-electron chi connectivity index (χ1n) is 5.06. The minimum atomic E-state index is 0.952. The second kappa shape index (κ2) is 3.70. The summed E-state index contributed by atoms with van der Waals surface area (Å²) < 4.78 is 0. The number of rotatable bonds is 1. The number of hydrogen-bond acceptors (Lipinski definition) is 3. The smallest absolute Gasteiger partial charge is 0.0797 e. The highest BCUT2D eigenvalue weighted by molar-refractivity contribution is 5.93. The average molecular weight is 207 g/mol. The van der Waals surface area contributed by atoms with Gasteiger partial charge in [0.05, 0.1) is 18.1 Å². The Morgan fingerprint density at radius 3 is 2.50 bits per heavy atom. The Kier molecular flexibility index (Phi) is 2.07. The van der Waals surface area contributed by atoms with Crippen LogP contribution in [0.15, 0.2) is 55.0 Å². The fourth-order valence-electron chi connectivity index (χ4n) is 1.75. The summed E-state index contributed by atoms with van der Waals surface area (Å²) in [5.41, 5.74) is 2.05. The van der Waals surface area contributed by atoms with Crippen LogP contribution in [0.2, 0.25) is 0 Å². The lowest BCUT2D eigenvalue weighted by atomic mass is 10.1. The Labute approximate surface area is 92.8 Å². The summed E-state index contributed by atoms with van der Waals surface area (Å²) >= 11 is 0. The third kappa shape index (κ3) is 1.42. The van der Waals surface area contributed by atoms with Crippen molar-refractivity contribution in [3.05, 3.63) is 55.0 Å². The number of hydrogen-bond donors (Lipinski definition) is 0. The van der Waals surface area contributed by atoms with Gasteiger partial charge in [-0.1, -0.05) is 30.3 Å². The quantitative estimate of drug-likeness (QED) is 0.615. The Morgan fingerprint density at radius 2 is 1.62 bits per heavy atom. The van der Waals surface area contributed by atoms with Gasteiger partial charge in [-0.15, -0.1) is 0 Å². The first kappa shape index (κ1) is 8.97. The second-order valence-electron chi connectivity index (χ2n) is 3.52. The molecular weight excluding hydrogens is 198 g/mol. The summed E-state index contributed by atoms with van der Waals surface area (Å²) in [4.78, 5) is 4.41. The summed E-state index contributed by atoms with van der Waals surface area (Å²) in [6.45, 7) is 0. The molecule has 3 nitrogen and oxygen atoms in total. The van der Waals surface area contributed by atoms with Crippen molar-refractivity contribution in [1.29, 1.82) is 0 Å². The van der Waals surface area contributed by atoms with Gasteiger partial charge in [0.1, 0.15) is 0 Å². The summed E-state index contributed by atoms with van der Waals surface area (Å²) in [6.07, 6.45) is 5.31. The van der Waals surface area contributed by atoms with Crippen LogP contribution in [0.5, 0.6) is 0 Å². The minimum Gasteiger partial charge on any atom is -0.256 e. The molecule has 0 saturated heterocycles. The molecule has 16 heavy (non-hydrogen) atoms. The van der Waals surface area contributed by atoms with Crippen molar-refractivity contribution < 1.29 is 0 Å². The molecule has 0 bridgehead atoms. The lowest BCUT2D eigenvalue weighted by Crippen LogP contribution is -1.87. The van der Waals surface area contributed by atoms with E-state index < -0.39 is 0 Å². The molecule has 0 radical (unpaired) electrons. The van der Waals surface area contributed by atoms with Gasteiger partial charge < -0.3 is 0 Å². The van der Waals surface area contributed by atoms with Crippen molar-refractivity contribution in [2.45, 2.75) is 0 Å². The number of aromatic nitrogens is 3. The summed E-state index contributed by atoms with van der Waals surface area (Å²) in [5.74, 6) is 0. The molecule has 2 aromatic heterocycles. The zero-order chi connectivity index (χ0) is 10.8. The van der Waals surface area contributed by atoms with Crippen LogP contribution in [0.25, 0.3) is 22.0 Å². The predicted molar refractivity (Wildman–Crippen MR) is 62.8 cm³/mol. The Balaban J connectivity index is 2.32. The van der Waals surface area contributed by atoms with E-state index in [1.165, 1.54) is 0 Å². The van der Waals surface area contributed by atoms with Crippen molar-refractivity contribution in [3.63, 3.8) is 0 Å². The predicted octanol–water partition coefficient (Wildman–Crippen LogP) is 2.69. The molecule has 0 saturated carbocycles. The molecule has 0 unspecified atom stereocenters. The maximum atomic E-state index is 4.41. The van der Waals surface area contributed by atoms with Gasteiger partial charge in [-0.05, 0) is 6.07 Å². The van der Waals surface area contributed by atoms with E-state index >= 15 is 0 Å². The van der Waals surface area contributed by atoms with E-state index in [4.69, 9.17) is 0 Å². The number of nitrogens with zero attached hydrogens (tertiary/aromatic N) is 3. The maximum Gasteiger partial charge on any atom is 0.0797 e. The molecular formula is C13H9N3. The number of benzene rings is 1. The van der Waals surface area contributed by atoms with Crippen LogP contribution < -0.4 is 0 Å². The van der Waals surface area contributed by atoms with Gasteiger partial charge in [-0.2, -0.15) is 10.2 Å². The molecule has 0 aliphatic heterocycles. The number of fused-ring (bicyclic) bond motifs is 1. The van der Waals surface area contributed by atoms with Crippen molar-refractivity contribution in [1.82, 2.24) is 15.2 Å². The molecule has 3 aromatic rings. The van der Waals surface area contributed by atoms with Gasteiger partial charge >= 0.3 is 0 Å². The second-order valence-corrected chi connectivity index (χ2v) is 3.52. The van der Waals surface area contributed by atoms with Gasteiger partial charge in [0.25, 0.3) is 0 Å². The largest absolute Gasteiger partial charge is 0.256 e. The highest BCUT2D eigenvalue weighted by atomic mass is 15.1. The zero-order valence-electron chi connectivity index (χ0n) is 8.54. The maximum absolute atomic E-state index is 4.41. The van der Waals surface area contributed by atoms with Gasteiger partial charge in [0.2, 0.25) is 0 Å². The SMILES string of the molecule is c1ccc(-c2nccc3cnncc23)cc1.